The maximum absolute atomic E-state index is 12.5. The molecule has 0 saturated heterocycles. The first-order valence-corrected chi connectivity index (χ1v) is 4.20. The summed E-state index contributed by atoms with van der Waals surface area (Å²) in [6, 6.07) is 1.47. The average Bonchev–Trinajstić information content (AvgIpc) is 2.06. The van der Waals surface area contributed by atoms with Crippen LogP contribution >= 0.6 is 15.9 Å². The van der Waals surface area contributed by atoms with Gasteiger partial charge in [-0.1, -0.05) is 6.58 Å². The van der Waals surface area contributed by atoms with E-state index in [0.29, 0.717) is 0 Å². The van der Waals surface area contributed by atoms with Crippen LogP contribution in [-0.2, 0) is 0 Å². The summed E-state index contributed by atoms with van der Waals surface area (Å²) in [6.07, 6.45) is -3.46. The molecule has 0 saturated carbocycles. The number of nitriles is 1. The number of alkyl halides is 3. The molecule has 0 atom stereocenters. The molecule has 0 radical (unpaired) electrons. The molecule has 0 amide bonds. The molecule has 14 heavy (non-hydrogen) atoms. The molecule has 0 spiro atoms. The van der Waals surface area contributed by atoms with E-state index in [1.165, 1.54) is 6.07 Å². The van der Waals surface area contributed by atoms with Crippen LogP contribution in [0.2, 0.25) is 0 Å². The van der Waals surface area contributed by atoms with Crippen LogP contribution in [0.25, 0.3) is 0 Å². The van der Waals surface area contributed by atoms with E-state index < -0.39 is 17.3 Å². The maximum atomic E-state index is 12.5. The van der Waals surface area contributed by atoms with Gasteiger partial charge in [-0.25, -0.2) is 0 Å². The number of halogens is 4. The zero-order chi connectivity index (χ0) is 10.9. The molecule has 6 heteroatoms. The van der Waals surface area contributed by atoms with Crippen molar-refractivity contribution in [1.82, 2.24) is 5.32 Å². The zero-order valence-corrected chi connectivity index (χ0v) is 8.33. The monoisotopic (exact) mass is 264 g/mol. The van der Waals surface area contributed by atoms with E-state index in [1.807, 2.05) is 0 Å². The number of hydrogen-bond donors (Lipinski definition) is 1. The summed E-state index contributed by atoms with van der Waals surface area (Å²) in [6.45, 7) is 3.31. The van der Waals surface area contributed by atoms with Crippen molar-refractivity contribution in [3.63, 3.8) is 0 Å². The molecule has 2 nitrogen and oxygen atoms in total. The van der Waals surface area contributed by atoms with Crippen molar-refractivity contribution >= 4 is 15.9 Å². The first-order valence-electron chi connectivity index (χ1n) is 3.41. The minimum atomic E-state index is -4.56. The van der Waals surface area contributed by atoms with Gasteiger partial charge < -0.3 is 5.32 Å². The van der Waals surface area contributed by atoms with E-state index in [0.717, 1.165) is 6.20 Å². The topological polar surface area (TPSA) is 35.8 Å². The minimum absolute atomic E-state index is 0.0528. The number of nitrogens with zero attached hydrogens (tertiary/aromatic N) is 1. The minimum Gasteiger partial charge on any atom is -0.360 e. The predicted octanol–water partition coefficient (Wildman–Crippen LogP) is 2.72. The van der Waals surface area contributed by atoms with Crippen molar-refractivity contribution in [3.05, 3.63) is 34.1 Å². The molecule has 0 unspecified atom stereocenters. The summed E-state index contributed by atoms with van der Waals surface area (Å²) in [5.41, 5.74) is -1.54. The summed E-state index contributed by atoms with van der Waals surface area (Å²) in [7, 11) is 0. The van der Waals surface area contributed by atoms with Crippen molar-refractivity contribution in [2.75, 3.05) is 0 Å². The molecule has 0 aromatic carbocycles. The number of dihydropyridines is 1. The van der Waals surface area contributed by atoms with Gasteiger partial charge >= 0.3 is 6.18 Å². The number of allylic oxidation sites excluding steroid dienone is 3. The first-order chi connectivity index (χ1) is 6.38. The normalized spacial score (nSPS) is 17.4. The second-order valence-electron chi connectivity index (χ2n) is 2.47. The lowest BCUT2D eigenvalue weighted by molar-refractivity contribution is -0.0891. The standard InChI is InChI=1S/C8H4BrF3N2/c1-4-5(2-13)7(8(10,11)12)6(9)3-14-4/h3,14H,1H2. The van der Waals surface area contributed by atoms with Crippen LogP contribution in [-0.4, -0.2) is 6.18 Å². The number of hydrogen-bond acceptors (Lipinski definition) is 2. The Morgan fingerprint density at radius 3 is 2.43 bits per heavy atom. The van der Waals surface area contributed by atoms with Gasteiger partial charge in [-0.2, -0.15) is 18.4 Å². The van der Waals surface area contributed by atoms with E-state index in [-0.39, 0.29) is 10.2 Å². The highest BCUT2D eigenvalue weighted by Gasteiger charge is 2.40. The van der Waals surface area contributed by atoms with E-state index in [1.54, 1.807) is 0 Å². The Morgan fingerprint density at radius 1 is 1.50 bits per heavy atom. The lowest BCUT2D eigenvalue weighted by Crippen LogP contribution is -2.22. The van der Waals surface area contributed by atoms with Gasteiger partial charge in [-0.05, 0) is 15.9 Å². The van der Waals surface area contributed by atoms with Crippen LogP contribution in [0, 0.1) is 11.3 Å². The van der Waals surface area contributed by atoms with Gasteiger partial charge in [0.25, 0.3) is 0 Å². The summed E-state index contributed by atoms with van der Waals surface area (Å²) in [5, 5.41) is 11.0. The van der Waals surface area contributed by atoms with Gasteiger partial charge in [0.15, 0.2) is 0 Å². The molecule has 74 valence electrons. The third kappa shape index (κ3) is 1.82. The highest BCUT2D eigenvalue weighted by Crippen LogP contribution is 2.39. The lowest BCUT2D eigenvalue weighted by atomic mass is 10.0. The lowest BCUT2D eigenvalue weighted by Gasteiger charge is -2.19. The Bertz CT molecular complexity index is 384. The summed E-state index contributed by atoms with van der Waals surface area (Å²) in [5.74, 6) is 0. The van der Waals surface area contributed by atoms with E-state index in [9.17, 15) is 13.2 Å². The Kier molecular flexibility index (Phi) is 2.71. The van der Waals surface area contributed by atoms with E-state index in [2.05, 4.69) is 27.8 Å². The van der Waals surface area contributed by atoms with Crippen LogP contribution < -0.4 is 5.32 Å². The molecule has 1 heterocycles. The van der Waals surface area contributed by atoms with Crippen molar-refractivity contribution in [2.24, 2.45) is 0 Å². The van der Waals surface area contributed by atoms with Crippen LogP contribution in [0.3, 0.4) is 0 Å². The quantitative estimate of drug-likeness (QED) is 0.730. The van der Waals surface area contributed by atoms with Gasteiger partial charge in [0.2, 0.25) is 0 Å². The Labute approximate surface area is 86.5 Å². The molecule has 1 aliphatic rings. The highest BCUT2D eigenvalue weighted by atomic mass is 79.9. The third-order valence-electron chi connectivity index (χ3n) is 1.56. The van der Waals surface area contributed by atoms with Gasteiger partial charge in [-0.15, -0.1) is 0 Å². The molecular formula is C8H4BrF3N2. The van der Waals surface area contributed by atoms with Crippen molar-refractivity contribution in [2.45, 2.75) is 6.18 Å². The fourth-order valence-corrected chi connectivity index (χ4v) is 1.50. The Hall–Kier alpha value is -1.22. The second-order valence-corrected chi connectivity index (χ2v) is 3.33. The fraction of sp³-hybridized carbons (Fsp3) is 0.125. The van der Waals surface area contributed by atoms with Gasteiger partial charge in [0.05, 0.1) is 11.1 Å². The zero-order valence-electron chi connectivity index (χ0n) is 6.74. The van der Waals surface area contributed by atoms with Crippen LogP contribution in [0.15, 0.2) is 34.1 Å². The van der Waals surface area contributed by atoms with Gasteiger partial charge in [0.1, 0.15) is 6.07 Å². The Morgan fingerprint density at radius 2 is 2.07 bits per heavy atom. The van der Waals surface area contributed by atoms with Crippen molar-refractivity contribution in [3.8, 4) is 6.07 Å². The predicted molar refractivity (Wildman–Crippen MR) is 48.0 cm³/mol. The van der Waals surface area contributed by atoms with Crippen LogP contribution in [0.1, 0.15) is 0 Å². The summed E-state index contributed by atoms with van der Waals surface area (Å²) in [4.78, 5) is 0. The van der Waals surface area contributed by atoms with Crippen LogP contribution in [0.5, 0.6) is 0 Å². The number of nitrogens with one attached hydrogen (secondary N) is 1. The summed E-state index contributed by atoms with van der Waals surface area (Å²) >= 11 is 2.73. The van der Waals surface area contributed by atoms with E-state index in [4.69, 9.17) is 5.26 Å². The molecule has 1 N–H and O–H groups in total. The van der Waals surface area contributed by atoms with Gasteiger partial charge in [-0.3, -0.25) is 0 Å². The Balaban J connectivity index is 3.38. The molecular weight excluding hydrogens is 261 g/mol. The average molecular weight is 265 g/mol. The largest absolute Gasteiger partial charge is 0.418 e. The molecule has 0 aromatic heterocycles. The molecule has 1 aliphatic heterocycles. The van der Waals surface area contributed by atoms with Crippen molar-refractivity contribution in [1.29, 1.82) is 5.26 Å². The maximum Gasteiger partial charge on any atom is 0.418 e. The highest BCUT2D eigenvalue weighted by molar-refractivity contribution is 9.12. The first kappa shape index (κ1) is 10.9. The molecule has 1 rings (SSSR count). The summed E-state index contributed by atoms with van der Waals surface area (Å²) < 4.78 is 37.2. The number of rotatable bonds is 0. The second kappa shape index (κ2) is 3.50. The third-order valence-corrected chi connectivity index (χ3v) is 2.18. The van der Waals surface area contributed by atoms with Crippen molar-refractivity contribution < 1.29 is 13.2 Å². The smallest absolute Gasteiger partial charge is 0.360 e. The fourth-order valence-electron chi connectivity index (χ4n) is 0.966. The molecule has 0 aliphatic carbocycles. The van der Waals surface area contributed by atoms with Gasteiger partial charge in [0, 0.05) is 16.4 Å². The SMILES string of the molecule is C=C1NC=C(Br)C(C(F)(F)F)=C1C#N. The molecule has 0 aromatic rings. The molecule has 0 fully saturated rings. The van der Waals surface area contributed by atoms with E-state index >= 15 is 0 Å². The molecule has 0 bridgehead atoms. The van der Waals surface area contributed by atoms with Crippen LogP contribution in [0.4, 0.5) is 13.2 Å².